The molecule has 4 nitrogen and oxygen atoms in total. The maximum atomic E-state index is 11.1. The van der Waals surface area contributed by atoms with E-state index >= 15 is 0 Å². The van der Waals surface area contributed by atoms with E-state index in [0.717, 1.165) is 25.9 Å². The van der Waals surface area contributed by atoms with Gasteiger partial charge in [0.2, 0.25) is 5.91 Å². The first kappa shape index (κ1) is 9.93. The molecule has 1 atom stereocenters. The van der Waals surface area contributed by atoms with Crippen LogP contribution in [0.5, 0.6) is 0 Å². The van der Waals surface area contributed by atoms with Crippen LogP contribution in [0.3, 0.4) is 0 Å². The first-order valence-electron chi connectivity index (χ1n) is 5.20. The number of amides is 1. The Morgan fingerprint density at radius 1 is 1.36 bits per heavy atom. The predicted molar refractivity (Wildman–Crippen MR) is 52.4 cm³/mol. The SMILES string of the molecule is NCC1(CC(N)=O)CCOCC12CC2. The van der Waals surface area contributed by atoms with Crippen molar-refractivity contribution >= 4 is 5.91 Å². The zero-order chi connectivity index (χ0) is 10.2. The van der Waals surface area contributed by atoms with Crippen LogP contribution in [0.1, 0.15) is 25.7 Å². The maximum absolute atomic E-state index is 11.1. The van der Waals surface area contributed by atoms with Crippen LogP contribution in [-0.2, 0) is 9.53 Å². The van der Waals surface area contributed by atoms with E-state index in [9.17, 15) is 4.79 Å². The third-order valence-electron chi connectivity index (χ3n) is 3.99. The molecule has 1 saturated heterocycles. The zero-order valence-corrected chi connectivity index (χ0v) is 8.42. The molecule has 4 heteroatoms. The van der Waals surface area contributed by atoms with Crippen LogP contribution >= 0.6 is 0 Å². The fourth-order valence-electron chi connectivity index (χ4n) is 2.78. The van der Waals surface area contributed by atoms with Gasteiger partial charge in [-0.2, -0.15) is 0 Å². The lowest BCUT2D eigenvalue weighted by Crippen LogP contribution is -2.48. The van der Waals surface area contributed by atoms with Gasteiger partial charge in [0.25, 0.3) is 0 Å². The van der Waals surface area contributed by atoms with E-state index in [0.29, 0.717) is 19.6 Å². The molecule has 0 aromatic heterocycles. The molecule has 0 bridgehead atoms. The summed E-state index contributed by atoms with van der Waals surface area (Å²) in [6, 6.07) is 0. The normalized spacial score (nSPS) is 34.4. The molecular formula is C10H18N2O2. The number of hydrogen-bond acceptors (Lipinski definition) is 3. The molecule has 2 fully saturated rings. The molecule has 1 amide bonds. The van der Waals surface area contributed by atoms with E-state index < -0.39 is 0 Å². The number of rotatable bonds is 3. The van der Waals surface area contributed by atoms with E-state index in [1.54, 1.807) is 0 Å². The van der Waals surface area contributed by atoms with E-state index in [2.05, 4.69) is 0 Å². The van der Waals surface area contributed by atoms with Gasteiger partial charge in [0, 0.05) is 23.9 Å². The molecular weight excluding hydrogens is 180 g/mol. The number of carbonyl (C=O) groups is 1. The minimum atomic E-state index is -0.233. The van der Waals surface area contributed by atoms with Crippen molar-refractivity contribution in [1.82, 2.24) is 0 Å². The Labute approximate surface area is 84.0 Å². The monoisotopic (exact) mass is 198 g/mol. The molecule has 2 aliphatic rings. The van der Waals surface area contributed by atoms with Gasteiger partial charge >= 0.3 is 0 Å². The molecule has 14 heavy (non-hydrogen) atoms. The first-order valence-corrected chi connectivity index (χ1v) is 5.20. The van der Waals surface area contributed by atoms with Crippen LogP contribution in [0.15, 0.2) is 0 Å². The minimum Gasteiger partial charge on any atom is -0.381 e. The van der Waals surface area contributed by atoms with E-state index in [4.69, 9.17) is 16.2 Å². The van der Waals surface area contributed by atoms with Crippen molar-refractivity contribution in [2.45, 2.75) is 25.7 Å². The number of nitrogens with two attached hydrogens (primary N) is 2. The van der Waals surface area contributed by atoms with Crippen molar-refractivity contribution in [3.8, 4) is 0 Å². The zero-order valence-electron chi connectivity index (χ0n) is 8.42. The highest BCUT2D eigenvalue weighted by atomic mass is 16.5. The molecule has 80 valence electrons. The van der Waals surface area contributed by atoms with Crippen LogP contribution in [0.4, 0.5) is 0 Å². The lowest BCUT2D eigenvalue weighted by atomic mass is 9.67. The van der Waals surface area contributed by atoms with Gasteiger partial charge in [-0.05, 0) is 25.8 Å². The summed E-state index contributed by atoms with van der Waals surface area (Å²) in [4.78, 5) is 11.1. The van der Waals surface area contributed by atoms with Crippen LogP contribution in [0, 0.1) is 10.8 Å². The maximum Gasteiger partial charge on any atom is 0.218 e. The molecule has 1 unspecified atom stereocenters. The molecule has 1 saturated carbocycles. The van der Waals surface area contributed by atoms with Crippen molar-refractivity contribution < 1.29 is 9.53 Å². The van der Waals surface area contributed by atoms with Crippen molar-refractivity contribution in [3.05, 3.63) is 0 Å². The predicted octanol–water partition coefficient (Wildman–Crippen LogP) is 0.00740. The third-order valence-corrected chi connectivity index (χ3v) is 3.99. The Kier molecular flexibility index (Phi) is 2.27. The van der Waals surface area contributed by atoms with Crippen molar-refractivity contribution in [2.24, 2.45) is 22.3 Å². The molecule has 1 aliphatic heterocycles. The first-order chi connectivity index (χ1) is 6.64. The van der Waals surface area contributed by atoms with Crippen molar-refractivity contribution in [1.29, 1.82) is 0 Å². The molecule has 4 N–H and O–H groups in total. The Hall–Kier alpha value is -0.610. The highest BCUT2D eigenvalue weighted by Gasteiger charge is 2.60. The molecule has 0 aromatic rings. The van der Waals surface area contributed by atoms with Gasteiger partial charge in [0.05, 0.1) is 6.61 Å². The van der Waals surface area contributed by atoms with Gasteiger partial charge in [0.1, 0.15) is 0 Å². The van der Waals surface area contributed by atoms with Gasteiger partial charge in [-0.25, -0.2) is 0 Å². The third kappa shape index (κ3) is 1.33. The van der Waals surface area contributed by atoms with Gasteiger partial charge in [-0.1, -0.05) is 0 Å². The van der Waals surface area contributed by atoms with Gasteiger partial charge in [-0.3, -0.25) is 4.79 Å². The van der Waals surface area contributed by atoms with Crippen LogP contribution in [-0.4, -0.2) is 25.7 Å². The van der Waals surface area contributed by atoms with Crippen molar-refractivity contribution in [3.63, 3.8) is 0 Å². The van der Waals surface area contributed by atoms with E-state index in [1.807, 2.05) is 0 Å². The van der Waals surface area contributed by atoms with Crippen LogP contribution in [0.25, 0.3) is 0 Å². The molecule has 1 spiro atoms. The van der Waals surface area contributed by atoms with E-state index in [1.165, 1.54) is 0 Å². The Balaban J connectivity index is 2.19. The lowest BCUT2D eigenvalue weighted by Gasteiger charge is -2.43. The number of hydrogen-bond donors (Lipinski definition) is 2. The second kappa shape index (κ2) is 3.21. The smallest absolute Gasteiger partial charge is 0.218 e. The Morgan fingerprint density at radius 3 is 2.57 bits per heavy atom. The number of ether oxygens (including phenoxy) is 1. The fraction of sp³-hybridized carbons (Fsp3) is 0.900. The number of primary amides is 1. The van der Waals surface area contributed by atoms with Crippen LogP contribution < -0.4 is 11.5 Å². The molecule has 1 aliphatic carbocycles. The average Bonchev–Trinajstić information content (AvgIpc) is 2.90. The van der Waals surface area contributed by atoms with Crippen LogP contribution in [0.2, 0.25) is 0 Å². The standard InChI is InChI=1S/C10H18N2O2/c11-6-10(5-8(12)13)3-4-14-7-9(10)1-2-9/h1-7,11H2,(H2,12,13). The molecule has 2 rings (SSSR count). The average molecular weight is 198 g/mol. The summed E-state index contributed by atoms with van der Waals surface area (Å²) in [6.07, 6.45) is 3.58. The quantitative estimate of drug-likeness (QED) is 0.670. The highest BCUT2D eigenvalue weighted by molar-refractivity contribution is 5.75. The second-order valence-corrected chi connectivity index (χ2v) is 4.71. The molecule has 0 aromatic carbocycles. The summed E-state index contributed by atoms with van der Waals surface area (Å²) < 4.78 is 5.48. The topological polar surface area (TPSA) is 78.3 Å². The summed E-state index contributed by atoms with van der Waals surface area (Å²) in [5, 5.41) is 0. The summed E-state index contributed by atoms with van der Waals surface area (Å²) in [7, 11) is 0. The fourth-order valence-corrected chi connectivity index (χ4v) is 2.78. The van der Waals surface area contributed by atoms with Gasteiger partial charge < -0.3 is 16.2 Å². The highest BCUT2D eigenvalue weighted by Crippen LogP contribution is 2.63. The molecule has 1 heterocycles. The summed E-state index contributed by atoms with van der Waals surface area (Å²) in [6.45, 7) is 2.03. The molecule has 0 radical (unpaired) electrons. The second-order valence-electron chi connectivity index (χ2n) is 4.71. The van der Waals surface area contributed by atoms with Crippen molar-refractivity contribution in [2.75, 3.05) is 19.8 Å². The van der Waals surface area contributed by atoms with Gasteiger partial charge in [-0.15, -0.1) is 0 Å². The lowest BCUT2D eigenvalue weighted by molar-refractivity contribution is -0.125. The minimum absolute atomic E-state index is 0.0723. The van der Waals surface area contributed by atoms with E-state index in [-0.39, 0.29) is 16.7 Å². The largest absolute Gasteiger partial charge is 0.381 e. The summed E-state index contributed by atoms with van der Waals surface area (Å²) in [5.74, 6) is -0.233. The Bertz CT molecular complexity index is 251. The summed E-state index contributed by atoms with van der Waals surface area (Å²) >= 11 is 0. The van der Waals surface area contributed by atoms with Gasteiger partial charge in [0.15, 0.2) is 0 Å². The Morgan fingerprint density at radius 2 is 2.07 bits per heavy atom. The summed E-state index contributed by atoms with van der Waals surface area (Å²) in [5.41, 5.74) is 11.2. The number of carbonyl (C=O) groups excluding carboxylic acids is 1.